The zero-order valence-corrected chi connectivity index (χ0v) is 9.59. The van der Waals surface area contributed by atoms with Gasteiger partial charge in [-0.1, -0.05) is 11.6 Å². The van der Waals surface area contributed by atoms with Crippen molar-refractivity contribution in [1.29, 1.82) is 0 Å². The standard InChI is InChI=1S/C11H12ClN3O/c1-15-7-8(5-14-15)4-11(16)9-2-3-13-6-10(9)12/h2-3,5-7,11,16H,4H2,1H3. The summed E-state index contributed by atoms with van der Waals surface area (Å²) in [5.41, 5.74) is 1.67. The fourth-order valence-corrected chi connectivity index (χ4v) is 1.81. The molecule has 1 atom stereocenters. The summed E-state index contributed by atoms with van der Waals surface area (Å²) < 4.78 is 1.70. The Labute approximate surface area is 98.5 Å². The van der Waals surface area contributed by atoms with Crippen LogP contribution >= 0.6 is 11.6 Å². The molecule has 0 aliphatic carbocycles. The SMILES string of the molecule is Cn1cc(CC(O)c2ccncc2Cl)cn1. The smallest absolute Gasteiger partial charge is 0.0847 e. The number of hydrogen-bond acceptors (Lipinski definition) is 3. The Morgan fingerprint density at radius 1 is 1.50 bits per heavy atom. The monoisotopic (exact) mass is 237 g/mol. The van der Waals surface area contributed by atoms with E-state index in [2.05, 4.69) is 10.1 Å². The van der Waals surface area contributed by atoms with E-state index in [1.54, 1.807) is 23.1 Å². The molecule has 0 aliphatic heterocycles. The van der Waals surface area contributed by atoms with Gasteiger partial charge in [-0.2, -0.15) is 5.10 Å². The molecule has 5 heteroatoms. The minimum Gasteiger partial charge on any atom is -0.388 e. The van der Waals surface area contributed by atoms with Crippen molar-refractivity contribution >= 4 is 11.6 Å². The lowest BCUT2D eigenvalue weighted by Gasteiger charge is -2.10. The molecule has 2 aromatic heterocycles. The van der Waals surface area contributed by atoms with Crippen molar-refractivity contribution in [2.24, 2.45) is 7.05 Å². The van der Waals surface area contributed by atoms with E-state index in [1.165, 1.54) is 6.20 Å². The van der Waals surface area contributed by atoms with Gasteiger partial charge in [0, 0.05) is 37.6 Å². The number of aromatic nitrogens is 3. The van der Waals surface area contributed by atoms with Gasteiger partial charge in [0.25, 0.3) is 0 Å². The van der Waals surface area contributed by atoms with Gasteiger partial charge >= 0.3 is 0 Å². The van der Waals surface area contributed by atoms with E-state index in [0.717, 1.165) is 5.56 Å². The molecule has 0 saturated heterocycles. The molecule has 2 rings (SSSR count). The Bertz CT molecular complexity index is 484. The van der Waals surface area contributed by atoms with Crippen LogP contribution in [0.4, 0.5) is 0 Å². The molecular formula is C11H12ClN3O. The van der Waals surface area contributed by atoms with Crippen LogP contribution in [0, 0.1) is 0 Å². The average molecular weight is 238 g/mol. The van der Waals surface area contributed by atoms with Gasteiger partial charge in [0.2, 0.25) is 0 Å². The minimum absolute atomic E-state index is 0.485. The van der Waals surface area contributed by atoms with Gasteiger partial charge in [-0.05, 0) is 11.6 Å². The molecule has 0 bridgehead atoms. The molecule has 1 N–H and O–H groups in total. The first kappa shape index (κ1) is 11.1. The number of nitrogens with zero attached hydrogens (tertiary/aromatic N) is 3. The maximum Gasteiger partial charge on any atom is 0.0847 e. The Balaban J connectivity index is 2.14. The Kier molecular flexibility index (Phi) is 3.22. The zero-order valence-electron chi connectivity index (χ0n) is 8.84. The molecule has 0 spiro atoms. The highest BCUT2D eigenvalue weighted by Gasteiger charge is 2.12. The van der Waals surface area contributed by atoms with E-state index >= 15 is 0 Å². The largest absolute Gasteiger partial charge is 0.388 e. The predicted molar refractivity (Wildman–Crippen MR) is 61.1 cm³/mol. The maximum absolute atomic E-state index is 10.0. The second-order valence-corrected chi connectivity index (χ2v) is 4.05. The average Bonchev–Trinajstić information content (AvgIpc) is 2.64. The van der Waals surface area contributed by atoms with E-state index in [0.29, 0.717) is 17.0 Å². The van der Waals surface area contributed by atoms with Gasteiger partial charge in [-0.25, -0.2) is 0 Å². The van der Waals surface area contributed by atoms with Crippen LogP contribution in [0.25, 0.3) is 0 Å². The van der Waals surface area contributed by atoms with Gasteiger partial charge in [0.05, 0.1) is 17.3 Å². The summed E-state index contributed by atoms with van der Waals surface area (Å²) in [7, 11) is 1.84. The van der Waals surface area contributed by atoms with Crippen LogP contribution in [0.3, 0.4) is 0 Å². The van der Waals surface area contributed by atoms with Crippen molar-refractivity contribution in [2.45, 2.75) is 12.5 Å². The highest BCUT2D eigenvalue weighted by Crippen LogP contribution is 2.24. The summed E-state index contributed by atoms with van der Waals surface area (Å²) in [5, 5.41) is 14.5. The molecule has 84 valence electrons. The van der Waals surface area contributed by atoms with Crippen molar-refractivity contribution in [2.75, 3.05) is 0 Å². The first-order valence-electron chi connectivity index (χ1n) is 4.92. The fraction of sp³-hybridized carbons (Fsp3) is 0.273. The molecule has 16 heavy (non-hydrogen) atoms. The fourth-order valence-electron chi connectivity index (χ4n) is 1.57. The Hall–Kier alpha value is -1.39. The predicted octanol–water partition coefficient (Wildman–Crippen LogP) is 1.74. The van der Waals surface area contributed by atoms with Crippen LogP contribution in [0.15, 0.2) is 30.9 Å². The van der Waals surface area contributed by atoms with Crippen molar-refractivity contribution in [1.82, 2.24) is 14.8 Å². The first-order chi connectivity index (χ1) is 7.66. The van der Waals surface area contributed by atoms with Crippen molar-refractivity contribution in [3.63, 3.8) is 0 Å². The van der Waals surface area contributed by atoms with E-state index < -0.39 is 6.10 Å². The lowest BCUT2D eigenvalue weighted by atomic mass is 10.1. The van der Waals surface area contributed by atoms with Crippen LogP contribution in [0.2, 0.25) is 5.02 Å². The molecule has 0 aliphatic rings. The molecule has 0 aromatic carbocycles. The molecule has 1 unspecified atom stereocenters. The first-order valence-corrected chi connectivity index (χ1v) is 5.29. The van der Waals surface area contributed by atoms with Gasteiger partial charge < -0.3 is 5.11 Å². The van der Waals surface area contributed by atoms with Gasteiger partial charge in [-0.3, -0.25) is 9.67 Å². The summed E-state index contributed by atoms with van der Waals surface area (Å²) in [5.74, 6) is 0. The van der Waals surface area contributed by atoms with Gasteiger partial charge in [0.15, 0.2) is 0 Å². The van der Waals surface area contributed by atoms with Crippen LogP contribution in [0.5, 0.6) is 0 Å². The van der Waals surface area contributed by atoms with Crippen LogP contribution in [-0.2, 0) is 13.5 Å². The third-order valence-electron chi connectivity index (χ3n) is 2.35. The minimum atomic E-state index is -0.625. The summed E-state index contributed by atoms with van der Waals surface area (Å²) in [6.07, 6.45) is 6.63. The topological polar surface area (TPSA) is 50.9 Å². The molecule has 2 heterocycles. The van der Waals surface area contributed by atoms with Gasteiger partial charge in [0.1, 0.15) is 0 Å². The molecule has 2 aromatic rings. The van der Waals surface area contributed by atoms with Crippen LogP contribution in [0.1, 0.15) is 17.2 Å². The van der Waals surface area contributed by atoms with Crippen molar-refractivity contribution < 1.29 is 5.11 Å². The summed E-state index contributed by atoms with van der Waals surface area (Å²) in [6, 6.07) is 1.73. The summed E-state index contributed by atoms with van der Waals surface area (Å²) in [4.78, 5) is 3.88. The second-order valence-electron chi connectivity index (χ2n) is 3.64. The highest BCUT2D eigenvalue weighted by molar-refractivity contribution is 6.31. The van der Waals surface area contributed by atoms with E-state index in [-0.39, 0.29) is 0 Å². The van der Waals surface area contributed by atoms with Gasteiger partial charge in [-0.15, -0.1) is 0 Å². The van der Waals surface area contributed by atoms with Crippen LogP contribution < -0.4 is 0 Å². The quantitative estimate of drug-likeness (QED) is 0.885. The van der Waals surface area contributed by atoms with E-state index in [1.807, 2.05) is 13.2 Å². The van der Waals surface area contributed by atoms with E-state index in [9.17, 15) is 5.11 Å². The second kappa shape index (κ2) is 4.63. The normalized spacial score (nSPS) is 12.7. The summed E-state index contributed by atoms with van der Waals surface area (Å²) >= 11 is 5.95. The number of halogens is 1. The molecule has 0 radical (unpaired) electrons. The molecule has 0 saturated carbocycles. The van der Waals surface area contributed by atoms with Crippen molar-refractivity contribution in [3.05, 3.63) is 47.0 Å². The van der Waals surface area contributed by atoms with Crippen molar-refractivity contribution in [3.8, 4) is 0 Å². The molecule has 0 amide bonds. The Morgan fingerprint density at radius 3 is 2.94 bits per heavy atom. The molecule has 4 nitrogen and oxygen atoms in total. The number of aryl methyl sites for hydroxylation is 1. The molecule has 0 fully saturated rings. The Morgan fingerprint density at radius 2 is 2.31 bits per heavy atom. The molecular weight excluding hydrogens is 226 g/mol. The van der Waals surface area contributed by atoms with E-state index in [4.69, 9.17) is 11.6 Å². The number of hydrogen-bond donors (Lipinski definition) is 1. The zero-order chi connectivity index (χ0) is 11.5. The lowest BCUT2D eigenvalue weighted by molar-refractivity contribution is 0.178. The lowest BCUT2D eigenvalue weighted by Crippen LogP contribution is -2.02. The van der Waals surface area contributed by atoms with Crippen LogP contribution in [-0.4, -0.2) is 19.9 Å². The number of rotatable bonds is 3. The number of aliphatic hydroxyl groups excluding tert-OH is 1. The third-order valence-corrected chi connectivity index (χ3v) is 2.67. The number of pyridine rings is 1. The highest BCUT2D eigenvalue weighted by atomic mass is 35.5. The summed E-state index contributed by atoms with van der Waals surface area (Å²) in [6.45, 7) is 0. The maximum atomic E-state index is 10.0. The number of aliphatic hydroxyl groups is 1. The third kappa shape index (κ3) is 2.40.